The lowest BCUT2D eigenvalue weighted by molar-refractivity contribution is -0.136. The summed E-state index contributed by atoms with van der Waals surface area (Å²) in [5.74, 6) is -5.04. The highest BCUT2D eigenvalue weighted by Gasteiger charge is 2.47. The first-order valence-electron chi connectivity index (χ1n) is 22.9. The van der Waals surface area contributed by atoms with Gasteiger partial charge in [0.15, 0.2) is 0 Å². The van der Waals surface area contributed by atoms with E-state index in [1.165, 1.54) is 17.0 Å². The van der Waals surface area contributed by atoms with Crippen molar-refractivity contribution in [1.82, 2.24) is 25.0 Å². The molecule has 1 aromatic heterocycles. The van der Waals surface area contributed by atoms with Crippen molar-refractivity contribution in [3.63, 3.8) is 0 Å². The van der Waals surface area contributed by atoms with Crippen LogP contribution >= 0.6 is 0 Å². The number of amides is 3. The number of aromatic nitrogens is 1. The molecule has 0 aliphatic carbocycles. The number of aliphatic hydroxyl groups excluding tert-OH is 1. The summed E-state index contributed by atoms with van der Waals surface area (Å²) in [6.45, 7) is 5.33. The molecule has 65 heavy (non-hydrogen) atoms. The first-order valence-corrected chi connectivity index (χ1v) is 22.9. The van der Waals surface area contributed by atoms with Crippen molar-refractivity contribution in [2.75, 3.05) is 75.4 Å². The molecule has 8 heterocycles. The van der Waals surface area contributed by atoms with Gasteiger partial charge in [-0.15, -0.1) is 0 Å². The van der Waals surface area contributed by atoms with Gasteiger partial charge in [0, 0.05) is 90.7 Å². The zero-order valence-electron chi connectivity index (χ0n) is 36.3. The molecule has 1 spiro atoms. The first kappa shape index (κ1) is 42.4. The van der Waals surface area contributed by atoms with Gasteiger partial charge in [0.05, 0.1) is 43.1 Å². The number of aromatic amines is 1. The normalized spacial score (nSPS) is 26.9. The fraction of sp³-hybridized carbons (Fsp3) is 0.521. The number of rotatable bonds is 8. The average Bonchev–Trinajstić information content (AvgIpc) is 3.97. The van der Waals surface area contributed by atoms with Crippen molar-refractivity contribution < 1.29 is 46.5 Å². The van der Waals surface area contributed by atoms with E-state index in [1.807, 2.05) is 41.3 Å². The van der Waals surface area contributed by atoms with Gasteiger partial charge in [-0.3, -0.25) is 29.5 Å². The van der Waals surface area contributed by atoms with Crippen LogP contribution in [0.5, 0.6) is 5.75 Å². The molecule has 0 bridgehead atoms. The molecule has 3 N–H and O–H groups in total. The number of nitrogens with zero attached hydrogens (tertiary/aromatic N) is 5. The van der Waals surface area contributed by atoms with Gasteiger partial charge in [0.1, 0.15) is 36.6 Å². The van der Waals surface area contributed by atoms with Crippen molar-refractivity contribution >= 4 is 40.0 Å². The highest BCUT2D eigenvalue weighted by atomic mass is 19.3. The average molecular weight is 900 g/mol. The molecule has 0 radical (unpaired) electrons. The van der Waals surface area contributed by atoms with Crippen molar-refractivity contribution in [2.24, 2.45) is 5.92 Å². The van der Waals surface area contributed by atoms with Gasteiger partial charge in [0.25, 0.3) is 11.8 Å². The van der Waals surface area contributed by atoms with E-state index in [9.17, 15) is 28.3 Å². The van der Waals surface area contributed by atoms with E-state index in [0.717, 1.165) is 60.3 Å². The SMILES string of the molecule is C[C@@H]1Cc2c([nH]c3ccccc23)[C@@H](c2c(F)cc(N3CCC4(CC3)CC(CN3CCN5c6ccc7c(c6OC[C@H]5C3)CN(C3CCC(=O)NC3=O)C7=O)CO4)cc2F)N1CC(F)(F)CO. The number of H-pyrrole nitrogens is 1. The molecule has 17 heteroatoms. The van der Waals surface area contributed by atoms with Crippen molar-refractivity contribution in [3.8, 4) is 5.75 Å². The largest absolute Gasteiger partial charge is 0.489 e. The number of benzene rings is 3. The Bertz CT molecular complexity index is 2560. The van der Waals surface area contributed by atoms with Gasteiger partial charge in [-0.1, -0.05) is 18.2 Å². The van der Waals surface area contributed by atoms with E-state index >= 15 is 8.78 Å². The molecule has 5 atom stereocenters. The van der Waals surface area contributed by atoms with Crippen molar-refractivity contribution in [1.29, 1.82) is 0 Å². The lowest BCUT2D eigenvalue weighted by Gasteiger charge is -2.46. The number of carbonyl (C=O) groups excluding carboxylic acids is 3. The third-order valence-electron chi connectivity index (χ3n) is 15.3. The predicted octanol–water partition coefficient (Wildman–Crippen LogP) is 5.13. The van der Waals surface area contributed by atoms with Gasteiger partial charge >= 0.3 is 0 Å². The van der Waals surface area contributed by atoms with Gasteiger partial charge in [0.2, 0.25) is 11.8 Å². The topological polar surface area (TPSA) is 134 Å². The monoisotopic (exact) mass is 899 g/mol. The minimum atomic E-state index is -3.47. The maximum absolute atomic E-state index is 16.5. The number of nitrogens with one attached hydrogen (secondary N) is 2. The predicted molar refractivity (Wildman–Crippen MR) is 232 cm³/mol. The number of piperazine rings is 1. The Morgan fingerprint density at radius 2 is 1.74 bits per heavy atom. The summed E-state index contributed by atoms with van der Waals surface area (Å²) < 4.78 is 75.7. The van der Waals surface area contributed by atoms with E-state index in [-0.39, 0.29) is 42.0 Å². The molecule has 7 aliphatic heterocycles. The summed E-state index contributed by atoms with van der Waals surface area (Å²) >= 11 is 0. The first-order chi connectivity index (χ1) is 31.3. The van der Waals surface area contributed by atoms with Crippen LogP contribution in [0.2, 0.25) is 0 Å². The molecule has 4 aromatic rings. The van der Waals surface area contributed by atoms with Crippen molar-refractivity contribution in [3.05, 3.63) is 88.1 Å². The van der Waals surface area contributed by atoms with E-state index < -0.39 is 54.7 Å². The summed E-state index contributed by atoms with van der Waals surface area (Å²) in [4.78, 5) is 50.9. The fourth-order valence-electron chi connectivity index (χ4n) is 12.1. The Labute approximate surface area is 373 Å². The lowest BCUT2D eigenvalue weighted by atomic mass is 9.84. The number of aliphatic hydroxyl groups is 1. The summed E-state index contributed by atoms with van der Waals surface area (Å²) in [7, 11) is 0. The third kappa shape index (κ3) is 7.33. The molecule has 13 nitrogen and oxygen atoms in total. The fourth-order valence-corrected chi connectivity index (χ4v) is 12.1. The van der Waals surface area contributed by atoms with E-state index in [0.29, 0.717) is 80.6 Å². The number of anilines is 2. The van der Waals surface area contributed by atoms with Crippen LogP contribution < -0.4 is 19.9 Å². The molecule has 4 saturated heterocycles. The second-order valence-electron chi connectivity index (χ2n) is 19.3. The van der Waals surface area contributed by atoms with Crippen LogP contribution in [0, 0.1) is 17.6 Å². The minimum absolute atomic E-state index is 0.125. The van der Waals surface area contributed by atoms with Crippen LogP contribution in [-0.4, -0.2) is 138 Å². The summed E-state index contributed by atoms with van der Waals surface area (Å²) in [6.07, 6.45) is 3.19. The second kappa shape index (κ2) is 16.0. The van der Waals surface area contributed by atoms with Crippen LogP contribution in [-0.2, 0) is 27.3 Å². The van der Waals surface area contributed by atoms with Gasteiger partial charge in [-0.25, -0.2) is 17.6 Å². The Kier molecular flexibility index (Phi) is 10.4. The number of hydrogen-bond acceptors (Lipinski definition) is 10. The molecule has 11 rings (SSSR count). The van der Waals surface area contributed by atoms with Gasteiger partial charge < -0.3 is 34.3 Å². The number of para-hydroxylation sites is 1. The molecule has 2 unspecified atom stereocenters. The number of piperidine rings is 2. The Morgan fingerprint density at radius 1 is 0.954 bits per heavy atom. The number of ether oxygens (including phenoxy) is 2. The molecular weight excluding hydrogens is 847 g/mol. The van der Waals surface area contributed by atoms with Crippen LogP contribution in [0.15, 0.2) is 48.5 Å². The maximum Gasteiger partial charge on any atom is 0.283 e. The van der Waals surface area contributed by atoms with Crippen molar-refractivity contribution in [2.45, 2.75) is 87.7 Å². The molecule has 0 saturated carbocycles. The standard InChI is InChI=1S/C48H53F4N7O6/c1-27-16-33-31-4-2-3-5-37(31)53-42(33)43(59(27)25-48(51,52)26-60)41-35(49)17-29(18-36(41)50)56-12-10-47(11-13-56)19-28(23-65-47)20-55-14-15-57-30(21-55)24-64-44-34-22-58(39-8-9-40(61)54-45(39)62)46(63)32(34)6-7-38(44)57/h2-7,17-18,27-28,30,39,43,53,60H,8-16,19-26H2,1H3,(H,54,61,62)/t27-,28?,30-,39?,43-/m1/s1. The van der Waals surface area contributed by atoms with Crippen LogP contribution in [0.3, 0.4) is 0 Å². The number of alkyl halides is 2. The van der Waals surface area contributed by atoms with E-state index in [4.69, 9.17) is 9.47 Å². The second-order valence-corrected chi connectivity index (χ2v) is 19.3. The number of halogens is 4. The summed E-state index contributed by atoms with van der Waals surface area (Å²) in [5, 5.41) is 12.7. The van der Waals surface area contributed by atoms with E-state index in [1.54, 1.807) is 11.8 Å². The van der Waals surface area contributed by atoms with Gasteiger partial charge in [-0.05, 0) is 80.8 Å². The molecule has 3 amide bonds. The Hall–Kier alpha value is -5.23. The maximum atomic E-state index is 16.5. The summed E-state index contributed by atoms with van der Waals surface area (Å²) in [6, 6.07) is 11.8. The number of carbonyl (C=O) groups is 3. The number of imide groups is 1. The highest BCUT2D eigenvalue weighted by Crippen LogP contribution is 2.47. The third-order valence-corrected chi connectivity index (χ3v) is 15.3. The zero-order valence-corrected chi connectivity index (χ0v) is 36.3. The van der Waals surface area contributed by atoms with Gasteiger partial charge in [-0.2, -0.15) is 0 Å². The lowest BCUT2D eigenvalue weighted by Crippen LogP contribution is -2.58. The molecule has 3 aromatic carbocycles. The molecule has 4 fully saturated rings. The number of fused-ring (bicyclic) bond motifs is 8. The highest BCUT2D eigenvalue weighted by molar-refractivity contribution is 6.06. The van der Waals surface area contributed by atoms with E-state index in [2.05, 4.69) is 20.1 Å². The molecular formula is C48H53F4N7O6. The number of hydrogen-bond donors (Lipinski definition) is 3. The summed E-state index contributed by atoms with van der Waals surface area (Å²) in [5.41, 5.74) is 4.17. The molecule has 344 valence electrons. The van der Waals surface area contributed by atoms with Crippen LogP contribution in [0.25, 0.3) is 10.9 Å². The van der Waals surface area contributed by atoms with Crippen LogP contribution in [0.4, 0.5) is 28.9 Å². The Morgan fingerprint density at radius 3 is 2.51 bits per heavy atom. The quantitative estimate of drug-likeness (QED) is 0.162. The smallest absolute Gasteiger partial charge is 0.283 e. The molecule has 7 aliphatic rings. The van der Waals surface area contributed by atoms with Crippen LogP contribution in [0.1, 0.15) is 77.8 Å². The minimum Gasteiger partial charge on any atom is -0.489 e. The zero-order chi connectivity index (χ0) is 44.9. The Balaban J connectivity index is 0.729.